The van der Waals surface area contributed by atoms with E-state index >= 15 is 0 Å². The van der Waals surface area contributed by atoms with Gasteiger partial charge in [-0.1, -0.05) is 17.7 Å². The molecule has 1 fully saturated rings. The molecule has 1 atom stereocenters. The topological polar surface area (TPSA) is 90.0 Å². The lowest BCUT2D eigenvalue weighted by molar-refractivity contribution is -0.146. The Balaban J connectivity index is 1.71. The maximum Gasteiger partial charge on any atom is 0.324 e. The first kappa shape index (κ1) is 21.9. The molecule has 0 aliphatic carbocycles. The van der Waals surface area contributed by atoms with E-state index in [4.69, 9.17) is 9.47 Å². The molecule has 0 aromatic heterocycles. The fourth-order valence-corrected chi connectivity index (χ4v) is 4.96. The Morgan fingerprint density at radius 2 is 1.87 bits per heavy atom. The number of nitrogens with zero attached hydrogens (tertiary/aromatic N) is 1. The number of carbonyl (C=O) groups is 2. The van der Waals surface area contributed by atoms with Crippen LogP contribution < -0.4 is 4.74 Å². The van der Waals surface area contributed by atoms with E-state index < -0.39 is 40.2 Å². The summed E-state index contributed by atoms with van der Waals surface area (Å²) in [6.45, 7) is 1.38. The van der Waals surface area contributed by atoms with E-state index in [1.807, 2.05) is 6.92 Å². The van der Waals surface area contributed by atoms with Gasteiger partial charge < -0.3 is 9.47 Å². The van der Waals surface area contributed by atoms with Crippen LogP contribution in [0.1, 0.15) is 28.8 Å². The van der Waals surface area contributed by atoms with Gasteiger partial charge in [-0.3, -0.25) is 9.59 Å². The summed E-state index contributed by atoms with van der Waals surface area (Å²) >= 11 is 0. The average molecular weight is 435 g/mol. The van der Waals surface area contributed by atoms with Crippen LogP contribution in [0.25, 0.3) is 0 Å². The average Bonchev–Trinajstić information content (AvgIpc) is 3.23. The van der Waals surface area contributed by atoms with Gasteiger partial charge in [-0.15, -0.1) is 0 Å². The van der Waals surface area contributed by atoms with Crippen LogP contribution in [0.3, 0.4) is 0 Å². The number of hydrogen-bond donors (Lipinski definition) is 0. The molecule has 160 valence electrons. The van der Waals surface area contributed by atoms with Crippen LogP contribution in [0.15, 0.2) is 47.4 Å². The second-order valence-corrected chi connectivity index (χ2v) is 8.85. The molecule has 1 aliphatic heterocycles. The van der Waals surface area contributed by atoms with Gasteiger partial charge in [0, 0.05) is 6.54 Å². The third-order valence-electron chi connectivity index (χ3n) is 4.91. The largest absolute Gasteiger partial charge is 0.496 e. The van der Waals surface area contributed by atoms with E-state index in [-0.39, 0.29) is 22.8 Å². The SMILES string of the molecule is COc1ccc(F)cc1C(=O)COC(=O)[C@@H]1CCCN1S(=O)(=O)c1ccc(C)cc1. The van der Waals surface area contributed by atoms with E-state index in [9.17, 15) is 22.4 Å². The molecule has 0 spiro atoms. The molecule has 1 heterocycles. The number of halogens is 1. The second kappa shape index (κ2) is 8.93. The maximum absolute atomic E-state index is 13.5. The fourth-order valence-electron chi connectivity index (χ4n) is 3.32. The zero-order chi connectivity index (χ0) is 21.9. The van der Waals surface area contributed by atoms with E-state index in [2.05, 4.69) is 0 Å². The number of carbonyl (C=O) groups excluding carboxylic acids is 2. The molecule has 3 rings (SSSR count). The minimum atomic E-state index is -3.88. The highest BCUT2D eigenvalue weighted by Gasteiger charge is 2.40. The molecular weight excluding hydrogens is 413 g/mol. The number of hydrogen-bond acceptors (Lipinski definition) is 6. The standard InChI is InChI=1S/C21H22FNO6S/c1-14-5-8-16(9-6-14)30(26,27)23-11-3-4-18(23)21(25)29-13-19(24)17-12-15(22)7-10-20(17)28-2/h5-10,12,18H,3-4,11,13H2,1-2H3/t18-/m0/s1. The van der Waals surface area contributed by atoms with Crippen molar-refractivity contribution in [2.75, 3.05) is 20.3 Å². The van der Waals surface area contributed by atoms with Crippen LogP contribution in [0, 0.1) is 12.7 Å². The van der Waals surface area contributed by atoms with Gasteiger partial charge in [-0.2, -0.15) is 4.31 Å². The van der Waals surface area contributed by atoms with Crippen molar-refractivity contribution >= 4 is 21.8 Å². The van der Waals surface area contributed by atoms with Crippen LogP contribution in [0.2, 0.25) is 0 Å². The normalized spacial score (nSPS) is 17.0. The number of rotatable bonds is 7. The van der Waals surface area contributed by atoms with Crippen LogP contribution in [0.4, 0.5) is 4.39 Å². The molecule has 30 heavy (non-hydrogen) atoms. The lowest BCUT2D eigenvalue weighted by Gasteiger charge is -2.22. The van der Waals surface area contributed by atoms with E-state index in [0.717, 1.165) is 22.0 Å². The molecule has 1 aliphatic rings. The van der Waals surface area contributed by atoms with Crippen molar-refractivity contribution < 1.29 is 31.9 Å². The van der Waals surface area contributed by atoms with Crippen LogP contribution in [-0.4, -0.2) is 50.8 Å². The van der Waals surface area contributed by atoms with E-state index in [1.165, 1.54) is 25.3 Å². The summed E-state index contributed by atoms with van der Waals surface area (Å²) < 4.78 is 50.6. The van der Waals surface area contributed by atoms with Crippen LogP contribution >= 0.6 is 0 Å². The highest BCUT2D eigenvalue weighted by atomic mass is 32.2. The van der Waals surface area contributed by atoms with Gasteiger partial charge >= 0.3 is 5.97 Å². The summed E-state index contributed by atoms with van der Waals surface area (Å²) in [5.74, 6) is -1.93. The summed E-state index contributed by atoms with van der Waals surface area (Å²) in [6.07, 6.45) is 0.790. The summed E-state index contributed by atoms with van der Waals surface area (Å²) in [7, 11) is -2.54. The molecule has 0 saturated carbocycles. The molecule has 0 radical (unpaired) electrons. The second-order valence-electron chi connectivity index (χ2n) is 6.96. The molecule has 2 aromatic rings. The maximum atomic E-state index is 13.5. The van der Waals surface area contributed by atoms with Crippen molar-refractivity contribution in [1.29, 1.82) is 0 Å². The lowest BCUT2D eigenvalue weighted by atomic mass is 10.1. The number of esters is 1. The molecule has 0 amide bonds. The number of sulfonamides is 1. The summed E-state index contributed by atoms with van der Waals surface area (Å²) in [6, 6.07) is 8.78. The van der Waals surface area contributed by atoms with Crippen molar-refractivity contribution in [3.63, 3.8) is 0 Å². The highest BCUT2D eigenvalue weighted by molar-refractivity contribution is 7.89. The molecule has 2 aromatic carbocycles. The van der Waals surface area contributed by atoms with Gasteiger partial charge in [0.25, 0.3) is 0 Å². The third-order valence-corrected chi connectivity index (χ3v) is 6.83. The molecular formula is C21H22FNO6S. The van der Waals surface area contributed by atoms with Gasteiger partial charge in [0.1, 0.15) is 17.6 Å². The van der Waals surface area contributed by atoms with Crippen molar-refractivity contribution in [1.82, 2.24) is 4.31 Å². The van der Waals surface area contributed by atoms with Gasteiger partial charge in [-0.25, -0.2) is 12.8 Å². The molecule has 7 nitrogen and oxygen atoms in total. The predicted octanol–water partition coefficient (Wildman–Crippen LogP) is 2.72. The Morgan fingerprint density at radius 3 is 2.53 bits per heavy atom. The number of ether oxygens (including phenoxy) is 2. The Hall–Kier alpha value is -2.78. The summed E-state index contributed by atoms with van der Waals surface area (Å²) in [5.41, 5.74) is 0.860. The Labute approximate surface area is 174 Å². The van der Waals surface area contributed by atoms with Crippen LogP contribution in [0.5, 0.6) is 5.75 Å². The number of benzene rings is 2. The third kappa shape index (κ3) is 4.52. The summed E-state index contributed by atoms with van der Waals surface area (Å²) in [5, 5.41) is 0. The van der Waals surface area contributed by atoms with Crippen molar-refractivity contribution in [3.05, 3.63) is 59.4 Å². The summed E-state index contributed by atoms with van der Waals surface area (Å²) in [4.78, 5) is 25.0. The fraction of sp³-hybridized carbons (Fsp3) is 0.333. The Morgan fingerprint density at radius 1 is 1.17 bits per heavy atom. The number of Topliss-reactive ketones (excluding diaryl/α,β-unsaturated/α-hetero) is 1. The minimum absolute atomic E-state index is 0.0548. The number of ketones is 1. The molecule has 9 heteroatoms. The van der Waals surface area contributed by atoms with E-state index in [1.54, 1.807) is 12.1 Å². The zero-order valence-corrected chi connectivity index (χ0v) is 17.4. The highest BCUT2D eigenvalue weighted by Crippen LogP contribution is 2.27. The monoisotopic (exact) mass is 435 g/mol. The number of methoxy groups -OCH3 is 1. The Bertz CT molecular complexity index is 1050. The van der Waals surface area contributed by atoms with Crippen molar-refractivity contribution in [2.45, 2.75) is 30.7 Å². The van der Waals surface area contributed by atoms with Gasteiger partial charge in [-0.05, 0) is 50.1 Å². The van der Waals surface area contributed by atoms with Crippen molar-refractivity contribution in [2.24, 2.45) is 0 Å². The van der Waals surface area contributed by atoms with Crippen molar-refractivity contribution in [3.8, 4) is 5.75 Å². The minimum Gasteiger partial charge on any atom is -0.496 e. The van der Waals surface area contributed by atoms with Crippen LogP contribution in [-0.2, 0) is 19.6 Å². The van der Waals surface area contributed by atoms with Gasteiger partial charge in [0.05, 0.1) is 17.6 Å². The predicted molar refractivity (Wildman–Crippen MR) is 106 cm³/mol. The molecule has 1 saturated heterocycles. The lowest BCUT2D eigenvalue weighted by Crippen LogP contribution is -2.41. The first-order valence-electron chi connectivity index (χ1n) is 9.36. The molecule has 0 unspecified atom stereocenters. The Kier molecular flexibility index (Phi) is 6.52. The van der Waals surface area contributed by atoms with Gasteiger partial charge in [0.15, 0.2) is 6.61 Å². The quantitative estimate of drug-likeness (QED) is 0.491. The first-order chi connectivity index (χ1) is 14.2. The smallest absolute Gasteiger partial charge is 0.324 e. The molecule has 0 bridgehead atoms. The molecule has 0 N–H and O–H groups in total. The first-order valence-corrected chi connectivity index (χ1v) is 10.8. The zero-order valence-electron chi connectivity index (χ0n) is 16.6. The number of aryl methyl sites for hydroxylation is 1. The van der Waals surface area contributed by atoms with E-state index in [0.29, 0.717) is 12.8 Å². The van der Waals surface area contributed by atoms with Gasteiger partial charge in [0.2, 0.25) is 15.8 Å².